The van der Waals surface area contributed by atoms with Crippen LogP contribution in [-0.4, -0.2) is 24.3 Å². The smallest absolute Gasteiger partial charge is 0.315 e. The molecule has 0 unspecified atom stereocenters. The lowest BCUT2D eigenvalue weighted by Gasteiger charge is -2.10. The normalized spacial score (nSPS) is 10.4. The summed E-state index contributed by atoms with van der Waals surface area (Å²) in [5.74, 6) is 1.54. The summed E-state index contributed by atoms with van der Waals surface area (Å²) < 4.78 is 10.7. The molecule has 2 amide bonds. The number of rotatable bonds is 6. The van der Waals surface area contributed by atoms with Crippen molar-refractivity contribution in [2.24, 2.45) is 0 Å². The molecule has 2 N–H and O–H groups in total. The van der Waals surface area contributed by atoms with Gasteiger partial charge in [0, 0.05) is 12.1 Å². The molecule has 0 fully saturated rings. The van der Waals surface area contributed by atoms with E-state index in [-0.39, 0.29) is 6.03 Å². The molecule has 0 bridgehead atoms. The summed E-state index contributed by atoms with van der Waals surface area (Å²) in [6.45, 7) is 8.98. The van der Waals surface area contributed by atoms with Crippen LogP contribution in [0, 0.1) is 27.7 Å². The maximum absolute atomic E-state index is 11.8. The lowest BCUT2D eigenvalue weighted by molar-refractivity contribution is 0.236. The molecule has 0 aliphatic rings. The first-order valence-electron chi connectivity index (χ1n) is 7.60. The van der Waals surface area contributed by atoms with Crippen molar-refractivity contribution in [3.63, 3.8) is 0 Å². The third kappa shape index (κ3) is 5.02. The van der Waals surface area contributed by atoms with E-state index in [1.807, 2.05) is 39.8 Å². The predicted molar refractivity (Wildman–Crippen MR) is 87.6 cm³/mol. The Bertz CT molecular complexity index is 640. The van der Waals surface area contributed by atoms with Crippen LogP contribution in [0.2, 0.25) is 0 Å². The van der Waals surface area contributed by atoms with Gasteiger partial charge in [0.25, 0.3) is 0 Å². The zero-order valence-electron chi connectivity index (χ0n) is 14.0. The Morgan fingerprint density at radius 2 is 1.83 bits per heavy atom. The van der Waals surface area contributed by atoms with Crippen molar-refractivity contribution in [2.75, 3.05) is 13.2 Å². The van der Waals surface area contributed by atoms with E-state index in [9.17, 15) is 4.79 Å². The van der Waals surface area contributed by atoms with Crippen LogP contribution in [0.3, 0.4) is 0 Å². The van der Waals surface area contributed by atoms with Crippen LogP contribution in [0.15, 0.2) is 22.7 Å². The fraction of sp³-hybridized carbons (Fsp3) is 0.412. The fourth-order valence-corrected chi connectivity index (χ4v) is 2.34. The highest BCUT2D eigenvalue weighted by Crippen LogP contribution is 2.15. The first kappa shape index (κ1) is 16.9. The van der Waals surface area contributed by atoms with E-state index < -0.39 is 0 Å². The molecule has 1 aromatic heterocycles. The number of aryl methyl sites for hydroxylation is 4. The Morgan fingerprint density at radius 3 is 2.43 bits per heavy atom. The number of carbonyl (C=O) groups is 1. The highest BCUT2D eigenvalue weighted by molar-refractivity contribution is 5.73. The maximum Gasteiger partial charge on any atom is 0.315 e. The monoisotopic (exact) mass is 317 g/mol. The molecule has 1 heterocycles. The summed E-state index contributed by atoms with van der Waals surface area (Å²) in [6, 6.07) is 5.80. The van der Waals surface area contributed by atoms with Gasteiger partial charge in [-0.05, 0) is 51.0 Å². The first-order chi connectivity index (χ1) is 11.0. The van der Waals surface area contributed by atoms with Crippen LogP contribution in [0.4, 0.5) is 4.79 Å². The number of carbonyl (C=O) groups excluding carboxylic acids is 1. The van der Waals surface area contributed by atoms with E-state index in [0.717, 1.165) is 33.9 Å². The SMILES string of the molecule is Cc1cc(C)cc(OCCNC(=O)NCc2c(C)noc2C)c1. The largest absolute Gasteiger partial charge is 0.492 e. The number of benzene rings is 1. The quantitative estimate of drug-likeness (QED) is 0.803. The average Bonchev–Trinajstić information content (AvgIpc) is 2.79. The van der Waals surface area contributed by atoms with Crippen molar-refractivity contribution in [2.45, 2.75) is 34.2 Å². The van der Waals surface area contributed by atoms with Gasteiger partial charge in [-0.2, -0.15) is 0 Å². The summed E-state index contributed by atoms with van der Waals surface area (Å²) in [7, 11) is 0. The second-order valence-electron chi connectivity index (χ2n) is 5.58. The highest BCUT2D eigenvalue weighted by atomic mass is 16.5. The second-order valence-corrected chi connectivity index (χ2v) is 5.58. The summed E-state index contributed by atoms with van der Waals surface area (Å²) >= 11 is 0. The molecule has 23 heavy (non-hydrogen) atoms. The van der Waals surface area contributed by atoms with Crippen LogP contribution in [-0.2, 0) is 6.54 Å². The van der Waals surface area contributed by atoms with Gasteiger partial charge in [-0.1, -0.05) is 11.2 Å². The van der Waals surface area contributed by atoms with E-state index >= 15 is 0 Å². The fourth-order valence-electron chi connectivity index (χ4n) is 2.34. The Morgan fingerprint density at radius 1 is 1.13 bits per heavy atom. The molecule has 2 aromatic rings. The van der Waals surface area contributed by atoms with E-state index in [1.165, 1.54) is 0 Å². The van der Waals surface area contributed by atoms with Gasteiger partial charge in [0.1, 0.15) is 18.1 Å². The molecule has 124 valence electrons. The number of hydrogen-bond acceptors (Lipinski definition) is 4. The summed E-state index contributed by atoms with van der Waals surface area (Å²) in [5, 5.41) is 9.39. The zero-order chi connectivity index (χ0) is 16.8. The summed E-state index contributed by atoms with van der Waals surface area (Å²) in [5.41, 5.74) is 4.02. The number of nitrogens with zero attached hydrogens (tertiary/aromatic N) is 1. The van der Waals surface area contributed by atoms with Gasteiger partial charge in [0.15, 0.2) is 0 Å². The third-order valence-corrected chi connectivity index (χ3v) is 3.46. The van der Waals surface area contributed by atoms with E-state index in [2.05, 4.69) is 21.9 Å². The van der Waals surface area contributed by atoms with Gasteiger partial charge in [-0.3, -0.25) is 0 Å². The average molecular weight is 317 g/mol. The third-order valence-electron chi connectivity index (χ3n) is 3.46. The summed E-state index contributed by atoms with van der Waals surface area (Å²) in [6.07, 6.45) is 0. The number of aromatic nitrogens is 1. The molecular formula is C17H23N3O3. The van der Waals surface area contributed by atoms with Crippen molar-refractivity contribution < 1.29 is 14.1 Å². The standard InChI is InChI=1S/C17H23N3O3/c1-11-7-12(2)9-15(8-11)22-6-5-18-17(21)19-10-16-13(3)20-23-14(16)4/h7-9H,5-6,10H2,1-4H3,(H2,18,19,21). The van der Waals surface area contributed by atoms with Gasteiger partial charge in [0.2, 0.25) is 0 Å². The minimum Gasteiger partial charge on any atom is -0.492 e. The molecule has 6 nitrogen and oxygen atoms in total. The van der Waals surface area contributed by atoms with Crippen LogP contribution in [0.1, 0.15) is 28.1 Å². The van der Waals surface area contributed by atoms with Gasteiger partial charge in [-0.15, -0.1) is 0 Å². The number of amides is 2. The van der Waals surface area contributed by atoms with E-state index in [1.54, 1.807) is 0 Å². The minimum absolute atomic E-state index is 0.242. The Balaban J connectivity index is 1.69. The number of ether oxygens (including phenoxy) is 1. The Labute approximate surface area is 136 Å². The van der Waals surface area contributed by atoms with Crippen LogP contribution < -0.4 is 15.4 Å². The molecule has 6 heteroatoms. The zero-order valence-corrected chi connectivity index (χ0v) is 14.0. The van der Waals surface area contributed by atoms with Crippen LogP contribution in [0.25, 0.3) is 0 Å². The Kier molecular flexibility index (Phi) is 5.62. The van der Waals surface area contributed by atoms with Crippen molar-refractivity contribution in [1.29, 1.82) is 0 Å². The van der Waals surface area contributed by atoms with E-state index in [4.69, 9.17) is 9.26 Å². The van der Waals surface area contributed by atoms with E-state index in [0.29, 0.717) is 19.7 Å². The van der Waals surface area contributed by atoms with Gasteiger partial charge < -0.3 is 19.9 Å². The van der Waals surface area contributed by atoms with Crippen molar-refractivity contribution in [3.8, 4) is 5.75 Å². The lowest BCUT2D eigenvalue weighted by atomic mass is 10.1. The molecule has 0 aliphatic heterocycles. The number of urea groups is 1. The molecule has 0 radical (unpaired) electrons. The predicted octanol–water partition coefficient (Wildman–Crippen LogP) is 2.79. The molecular weight excluding hydrogens is 294 g/mol. The summed E-state index contributed by atoms with van der Waals surface area (Å²) in [4.78, 5) is 11.8. The molecule has 0 saturated carbocycles. The second kappa shape index (κ2) is 7.67. The first-order valence-corrected chi connectivity index (χ1v) is 7.60. The van der Waals surface area contributed by atoms with Crippen LogP contribution >= 0.6 is 0 Å². The number of nitrogens with one attached hydrogen (secondary N) is 2. The Hall–Kier alpha value is -2.50. The maximum atomic E-state index is 11.8. The molecule has 0 saturated heterocycles. The number of hydrogen-bond donors (Lipinski definition) is 2. The van der Waals surface area contributed by atoms with Crippen molar-refractivity contribution >= 4 is 6.03 Å². The van der Waals surface area contributed by atoms with Gasteiger partial charge >= 0.3 is 6.03 Å². The van der Waals surface area contributed by atoms with Crippen LogP contribution in [0.5, 0.6) is 5.75 Å². The topological polar surface area (TPSA) is 76.4 Å². The lowest BCUT2D eigenvalue weighted by Crippen LogP contribution is -2.37. The molecule has 2 rings (SSSR count). The molecule has 1 aromatic carbocycles. The van der Waals surface area contributed by atoms with Gasteiger partial charge in [-0.25, -0.2) is 4.79 Å². The highest BCUT2D eigenvalue weighted by Gasteiger charge is 2.09. The molecule has 0 aliphatic carbocycles. The van der Waals surface area contributed by atoms with Crippen molar-refractivity contribution in [3.05, 3.63) is 46.3 Å². The minimum atomic E-state index is -0.242. The van der Waals surface area contributed by atoms with Gasteiger partial charge in [0.05, 0.1) is 12.2 Å². The molecule has 0 spiro atoms. The molecule has 0 atom stereocenters. The van der Waals surface area contributed by atoms with Crippen molar-refractivity contribution in [1.82, 2.24) is 15.8 Å².